The smallest absolute Gasteiger partial charge is 0.302 e. The first-order valence-electron chi connectivity index (χ1n) is 6.28. The van der Waals surface area contributed by atoms with E-state index in [9.17, 15) is 9.90 Å². The van der Waals surface area contributed by atoms with E-state index in [0.717, 1.165) is 0 Å². The number of phenols is 1. The summed E-state index contributed by atoms with van der Waals surface area (Å²) in [5, 5.41) is 11.8. The Morgan fingerprint density at radius 3 is 2.55 bits per heavy atom. The van der Waals surface area contributed by atoms with Gasteiger partial charge in [0.05, 0.1) is 29.1 Å². The van der Waals surface area contributed by atoms with Gasteiger partial charge in [-0.1, -0.05) is 11.6 Å². The van der Waals surface area contributed by atoms with Crippen LogP contribution in [-0.4, -0.2) is 25.3 Å². The lowest BCUT2D eigenvalue weighted by atomic mass is 10.0. The third-order valence-corrected chi connectivity index (χ3v) is 4.30. The predicted molar refractivity (Wildman–Crippen MR) is 86.9 cm³/mol. The van der Waals surface area contributed by atoms with Gasteiger partial charge in [-0.2, -0.15) is 0 Å². The van der Waals surface area contributed by atoms with E-state index >= 15 is 0 Å². The zero-order chi connectivity index (χ0) is 16.4. The summed E-state index contributed by atoms with van der Waals surface area (Å²) >= 11 is 9.46. The van der Waals surface area contributed by atoms with Gasteiger partial charge in [0, 0.05) is 23.9 Å². The quantitative estimate of drug-likeness (QED) is 0.800. The fourth-order valence-corrected chi connectivity index (χ4v) is 2.85. The maximum Gasteiger partial charge on any atom is 0.302 e. The van der Waals surface area contributed by atoms with Gasteiger partial charge in [0.25, 0.3) is 0 Å². The minimum absolute atomic E-state index is 0.0213. The monoisotopic (exact) mass is 388 g/mol. The molecule has 0 atom stereocenters. The number of phenolic OH excluding ortho intramolecular Hbond substituents is 1. The molecule has 5 nitrogen and oxygen atoms in total. The van der Waals surface area contributed by atoms with E-state index in [4.69, 9.17) is 25.8 Å². The molecule has 0 aliphatic rings. The minimum atomic E-state index is -0.410. The first kappa shape index (κ1) is 16.7. The average molecular weight is 390 g/mol. The van der Waals surface area contributed by atoms with Crippen molar-refractivity contribution < 1.29 is 24.1 Å². The summed E-state index contributed by atoms with van der Waals surface area (Å²) in [6, 6.07) is 3.35. The van der Waals surface area contributed by atoms with Crippen LogP contribution in [0.5, 0.6) is 17.2 Å². The summed E-state index contributed by atoms with van der Waals surface area (Å²) in [5.41, 5.74) is 0.600. The van der Waals surface area contributed by atoms with Crippen molar-refractivity contribution in [1.29, 1.82) is 0 Å². The summed E-state index contributed by atoms with van der Waals surface area (Å²) < 4.78 is 16.0. The molecule has 0 bridgehead atoms. The van der Waals surface area contributed by atoms with Gasteiger partial charge < -0.3 is 19.3 Å². The van der Waals surface area contributed by atoms with E-state index in [1.165, 1.54) is 21.1 Å². The van der Waals surface area contributed by atoms with Crippen LogP contribution in [0.2, 0.25) is 5.02 Å². The van der Waals surface area contributed by atoms with Crippen LogP contribution in [-0.2, 0) is 16.1 Å². The summed E-state index contributed by atoms with van der Waals surface area (Å²) in [7, 11) is 2.97. The molecule has 0 fully saturated rings. The molecule has 118 valence electrons. The molecular weight excluding hydrogens is 376 g/mol. The molecule has 0 unspecified atom stereocenters. The Balaban J connectivity index is 2.77. The Morgan fingerprint density at radius 1 is 1.32 bits per heavy atom. The van der Waals surface area contributed by atoms with Crippen molar-refractivity contribution >= 4 is 44.3 Å². The number of hydrogen-bond donors (Lipinski definition) is 1. The van der Waals surface area contributed by atoms with Crippen LogP contribution in [0.25, 0.3) is 10.8 Å². The largest absolute Gasteiger partial charge is 0.506 e. The predicted octanol–water partition coefficient (Wildman–Crippen LogP) is 4.04. The Morgan fingerprint density at radius 2 is 2.00 bits per heavy atom. The van der Waals surface area contributed by atoms with E-state index in [2.05, 4.69) is 15.9 Å². The Hall–Kier alpha value is -1.66. The van der Waals surface area contributed by atoms with Crippen LogP contribution in [0.4, 0.5) is 0 Å². The molecule has 0 aliphatic carbocycles. The van der Waals surface area contributed by atoms with Gasteiger partial charge >= 0.3 is 5.97 Å². The fraction of sp³-hybridized carbons (Fsp3) is 0.267. The van der Waals surface area contributed by atoms with Crippen molar-refractivity contribution in [2.45, 2.75) is 13.5 Å². The molecule has 0 heterocycles. The highest BCUT2D eigenvalue weighted by molar-refractivity contribution is 9.10. The lowest BCUT2D eigenvalue weighted by Gasteiger charge is -2.16. The van der Waals surface area contributed by atoms with E-state index in [1.54, 1.807) is 12.1 Å². The number of carbonyl (C=O) groups is 1. The van der Waals surface area contributed by atoms with Gasteiger partial charge in [0.2, 0.25) is 0 Å². The average Bonchev–Trinajstić information content (AvgIpc) is 2.48. The summed E-state index contributed by atoms with van der Waals surface area (Å²) in [4.78, 5) is 11.0. The Labute approximate surface area is 140 Å². The molecule has 0 saturated carbocycles. The molecule has 0 amide bonds. The summed E-state index contributed by atoms with van der Waals surface area (Å²) in [6.07, 6.45) is 0. The maximum atomic E-state index is 11.0. The van der Waals surface area contributed by atoms with Gasteiger partial charge in [0.1, 0.15) is 23.9 Å². The molecule has 22 heavy (non-hydrogen) atoms. The second-order valence-electron chi connectivity index (χ2n) is 4.49. The lowest BCUT2D eigenvalue weighted by molar-refractivity contribution is -0.142. The van der Waals surface area contributed by atoms with E-state index < -0.39 is 5.97 Å². The normalized spacial score (nSPS) is 10.6. The van der Waals surface area contributed by atoms with Crippen LogP contribution >= 0.6 is 27.5 Å². The third-order valence-electron chi connectivity index (χ3n) is 3.14. The number of fused-ring (bicyclic) bond motifs is 1. The SMILES string of the molecule is COc1cc(Cl)c(OC)c2c(O)c(Br)c(COC(C)=O)cc12. The van der Waals surface area contributed by atoms with Gasteiger partial charge in [-0.15, -0.1) is 0 Å². The highest BCUT2D eigenvalue weighted by Gasteiger charge is 2.20. The molecule has 0 aromatic heterocycles. The highest BCUT2D eigenvalue weighted by atomic mass is 79.9. The van der Waals surface area contributed by atoms with E-state index in [0.29, 0.717) is 37.3 Å². The first-order valence-corrected chi connectivity index (χ1v) is 7.45. The van der Waals surface area contributed by atoms with Gasteiger partial charge in [0.15, 0.2) is 0 Å². The lowest BCUT2D eigenvalue weighted by Crippen LogP contribution is -2.00. The third kappa shape index (κ3) is 2.94. The van der Waals surface area contributed by atoms with Crippen molar-refractivity contribution in [3.8, 4) is 17.2 Å². The van der Waals surface area contributed by atoms with Crippen molar-refractivity contribution in [2.75, 3.05) is 14.2 Å². The molecule has 0 radical (unpaired) electrons. The number of rotatable bonds is 4. The highest BCUT2D eigenvalue weighted by Crippen LogP contribution is 2.47. The number of aromatic hydroxyl groups is 1. The number of ether oxygens (including phenoxy) is 3. The van der Waals surface area contributed by atoms with Gasteiger partial charge in [-0.05, 0) is 22.0 Å². The number of halogens is 2. The molecule has 0 saturated heterocycles. The Bertz CT molecular complexity index is 745. The van der Waals surface area contributed by atoms with Crippen molar-refractivity contribution in [3.05, 3.63) is 27.2 Å². The number of methoxy groups -OCH3 is 2. The molecule has 0 aliphatic heterocycles. The molecule has 0 spiro atoms. The molecular formula is C15H14BrClO5. The molecule has 2 aromatic carbocycles. The molecule has 2 aromatic rings. The second-order valence-corrected chi connectivity index (χ2v) is 5.70. The summed E-state index contributed by atoms with van der Waals surface area (Å²) in [5.74, 6) is 0.354. The zero-order valence-electron chi connectivity index (χ0n) is 12.2. The molecule has 7 heteroatoms. The molecule has 2 rings (SSSR count). The van der Waals surface area contributed by atoms with Crippen molar-refractivity contribution in [1.82, 2.24) is 0 Å². The van der Waals surface area contributed by atoms with Crippen LogP contribution in [0.15, 0.2) is 16.6 Å². The zero-order valence-corrected chi connectivity index (χ0v) is 14.5. The number of esters is 1. The second kappa shape index (κ2) is 6.62. The topological polar surface area (TPSA) is 65.0 Å². The Kier molecular flexibility index (Phi) is 5.03. The molecule has 1 N–H and O–H groups in total. The van der Waals surface area contributed by atoms with Crippen LogP contribution in [0.1, 0.15) is 12.5 Å². The number of carbonyl (C=O) groups excluding carboxylic acids is 1. The van der Waals surface area contributed by atoms with Crippen LogP contribution in [0, 0.1) is 0 Å². The van der Waals surface area contributed by atoms with Crippen LogP contribution in [0.3, 0.4) is 0 Å². The van der Waals surface area contributed by atoms with Crippen molar-refractivity contribution in [3.63, 3.8) is 0 Å². The van der Waals surface area contributed by atoms with E-state index in [1.807, 2.05) is 0 Å². The first-order chi connectivity index (χ1) is 10.4. The van der Waals surface area contributed by atoms with Gasteiger partial charge in [-0.25, -0.2) is 0 Å². The number of benzene rings is 2. The van der Waals surface area contributed by atoms with Crippen LogP contribution < -0.4 is 9.47 Å². The van der Waals surface area contributed by atoms with Crippen molar-refractivity contribution in [2.24, 2.45) is 0 Å². The van der Waals surface area contributed by atoms with E-state index in [-0.39, 0.29) is 12.4 Å². The fourth-order valence-electron chi connectivity index (χ4n) is 2.15. The number of hydrogen-bond acceptors (Lipinski definition) is 5. The standard InChI is InChI=1S/C15H14BrClO5/c1-7(18)22-6-8-4-9-11(20-2)5-10(17)15(21-3)12(9)14(19)13(8)16/h4-5,19H,6H2,1-3H3. The van der Waals surface area contributed by atoms with Gasteiger partial charge in [-0.3, -0.25) is 4.79 Å². The maximum absolute atomic E-state index is 11.0. The minimum Gasteiger partial charge on any atom is -0.506 e. The summed E-state index contributed by atoms with van der Waals surface area (Å²) in [6.45, 7) is 1.34.